The number of aromatic nitrogens is 1. The molecule has 0 unspecified atom stereocenters. The summed E-state index contributed by atoms with van der Waals surface area (Å²) in [7, 11) is 0. The van der Waals surface area contributed by atoms with Crippen molar-refractivity contribution in [2.24, 2.45) is 0 Å². The van der Waals surface area contributed by atoms with Gasteiger partial charge in [0.05, 0.1) is 15.3 Å². The number of hydrogen-bond acceptors (Lipinski definition) is 6. The van der Waals surface area contributed by atoms with Crippen LogP contribution in [-0.2, 0) is 11.3 Å². The monoisotopic (exact) mass is 471 g/mol. The zero-order chi connectivity index (χ0) is 23.0. The van der Waals surface area contributed by atoms with Crippen LogP contribution in [0.15, 0.2) is 42.5 Å². The number of rotatable bonds is 5. The van der Waals surface area contributed by atoms with Crippen LogP contribution in [0.2, 0.25) is 5.02 Å². The molecule has 7 nitrogen and oxygen atoms in total. The summed E-state index contributed by atoms with van der Waals surface area (Å²) in [4.78, 5) is 40.7. The first-order valence-electron chi connectivity index (χ1n) is 10.2. The van der Waals surface area contributed by atoms with Gasteiger partial charge in [0.2, 0.25) is 0 Å². The second-order valence-electron chi connectivity index (χ2n) is 8.06. The molecule has 2 atom stereocenters. The van der Waals surface area contributed by atoms with Gasteiger partial charge in [-0.1, -0.05) is 41.9 Å². The summed E-state index contributed by atoms with van der Waals surface area (Å²) >= 11 is 7.39. The van der Waals surface area contributed by atoms with Crippen LogP contribution < -0.4 is 0 Å². The molecule has 9 heteroatoms. The molecule has 1 saturated heterocycles. The van der Waals surface area contributed by atoms with Crippen molar-refractivity contribution in [1.29, 1.82) is 0 Å². The van der Waals surface area contributed by atoms with Gasteiger partial charge in [0, 0.05) is 37.1 Å². The molecule has 0 radical (unpaired) electrons. The van der Waals surface area contributed by atoms with E-state index >= 15 is 0 Å². The van der Waals surface area contributed by atoms with Gasteiger partial charge in [-0.2, -0.15) is 4.37 Å². The Hall–Kier alpha value is -2.81. The number of halogens is 1. The van der Waals surface area contributed by atoms with Crippen molar-refractivity contribution in [3.63, 3.8) is 0 Å². The molecule has 0 aliphatic carbocycles. The zero-order valence-corrected chi connectivity index (χ0v) is 19.2. The summed E-state index contributed by atoms with van der Waals surface area (Å²) in [5, 5.41) is 9.64. The molecule has 1 amide bonds. The third kappa shape index (κ3) is 4.26. The van der Waals surface area contributed by atoms with Crippen molar-refractivity contribution in [1.82, 2.24) is 14.2 Å². The number of nitrogens with zero attached hydrogens (tertiary/aromatic N) is 3. The summed E-state index contributed by atoms with van der Waals surface area (Å²) in [6, 6.07) is 13.4. The highest BCUT2D eigenvalue weighted by Gasteiger charge is 2.33. The second-order valence-corrected chi connectivity index (χ2v) is 9.28. The number of carboxylic acids is 1. The minimum Gasteiger partial charge on any atom is -0.475 e. The fraction of sp³-hybridized carbons (Fsp3) is 0.304. The van der Waals surface area contributed by atoms with Crippen LogP contribution in [0.4, 0.5) is 0 Å². The van der Waals surface area contributed by atoms with Crippen LogP contribution in [0, 0.1) is 0 Å². The van der Waals surface area contributed by atoms with Crippen LogP contribution >= 0.6 is 23.1 Å². The number of Topliss-reactive ketones (excluding diaryl/α,β-unsaturated/α-hetero) is 1. The van der Waals surface area contributed by atoms with Crippen molar-refractivity contribution in [2.75, 3.05) is 13.1 Å². The smallest absolute Gasteiger partial charge is 0.378 e. The molecule has 1 aliphatic heterocycles. The second kappa shape index (κ2) is 8.97. The van der Waals surface area contributed by atoms with Gasteiger partial charge in [0.25, 0.3) is 11.7 Å². The lowest BCUT2D eigenvalue weighted by atomic mass is 10.0. The predicted molar refractivity (Wildman–Crippen MR) is 123 cm³/mol. The number of carboxylic acid groups (broad SMARTS) is 1. The van der Waals surface area contributed by atoms with Crippen LogP contribution in [0.5, 0.6) is 0 Å². The first kappa shape index (κ1) is 22.4. The number of hydrogen-bond donors (Lipinski definition) is 1. The molecule has 166 valence electrons. The van der Waals surface area contributed by atoms with Gasteiger partial charge < -0.3 is 10.0 Å². The van der Waals surface area contributed by atoms with Crippen molar-refractivity contribution >= 4 is 50.9 Å². The Morgan fingerprint density at radius 1 is 1.12 bits per heavy atom. The van der Waals surface area contributed by atoms with E-state index < -0.39 is 11.8 Å². The van der Waals surface area contributed by atoms with E-state index in [1.807, 2.05) is 25.1 Å². The van der Waals surface area contributed by atoms with Crippen molar-refractivity contribution in [3.05, 3.63) is 64.3 Å². The number of ketones is 1. The van der Waals surface area contributed by atoms with Gasteiger partial charge in [0.15, 0.2) is 0 Å². The van der Waals surface area contributed by atoms with Crippen molar-refractivity contribution in [2.45, 2.75) is 32.5 Å². The van der Waals surface area contributed by atoms with Gasteiger partial charge in [-0.3, -0.25) is 14.5 Å². The number of fused-ring (bicyclic) bond motifs is 1. The highest BCUT2D eigenvalue weighted by Crippen LogP contribution is 2.31. The Morgan fingerprint density at radius 3 is 2.53 bits per heavy atom. The molecule has 2 heterocycles. The van der Waals surface area contributed by atoms with Crippen LogP contribution in [0.3, 0.4) is 0 Å². The molecule has 1 N–H and O–H groups in total. The molecule has 1 fully saturated rings. The van der Waals surface area contributed by atoms with Gasteiger partial charge in [-0.15, -0.1) is 0 Å². The third-order valence-corrected chi connectivity index (χ3v) is 6.92. The molecular formula is C23H22ClN3O4S. The topological polar surface area (TPSA) is 90.8 Å². The molecule has 0 bridgehead atoms. The van der Waals surface area contributed by atoms with Crippen LogP contribution in [0.1, 0.15) is 40.3 Å². The third-order valence-electron chi connectivity index (χ3n) is 5.80. The quantitative estimate of drug-likeness (QED) is 0.447. The predicted octanol–water partition coefficient (Wildman–Crippen LogP) is 3.95. The Balaban J connectivity index is 1.59. The van der Waals surface area contributed by atoms with Gasteiger partial charge in [0.1, 0.15) is 5.69 Å². The van der Waals surface area contributed by atoms with E-state index in [0.29, 0.717) is 23.2 Å². The van der Waals surface area contributed by atoms with E-state index in [1.165, 1.54) is 11.6 Å². The first-order valence-corrected chi connectivity index (χ1v) is 11.4. The maximum atomic E-state index is 13.4. The molecule has 3 aromatic rings. The normalized spacial score (nSPS) is 19.3. The van der Waals surface area contributed by atoms with Crippen LogP contribution in [0.25, 0.3) is 10.1 Å². The highest BCUT2D eigenvalue weighted by atomic mass is 35.5. The van der Waals surface area contributed by atoms with Gasteiger partial charge in [-0.05, 0) is 43.1 Å². The molecular weight excluding hydrogens is 450 g/mol. The van der Waals surface area contributed by atoms with Crippen LogP contribution in [-0.4, -0.2) is 62.1 Å². The number of aliphatic carboxylic acids is 1. The Labute approximate surface area is 194 Å². The standard InChI is InChI=1S/C23H22ClN3O4S/c1-13-11-27(14(2)10-26(13)12-15-6-4-3-5-7-15)22(29)16-8-17-19(9-18(16)24)32-25-20(17)21(28)23(30)31/h3-9,13-14H,10-12H2,1-2H3,(H,30,31)/t13-,14+/m0/s1. The number of amides is 1. The van der Waals surface area contributed by atoms with Gasteiger partial charge >= 0.3 is 5.97 Å². The fourth-order valence-electron chi connectivity index (χ4n) is 4.06. The SMILES string of the molecule is C[C@@H]1CN(Cc2ccccc2)[C@@H](C)CN1C(=O)c1cc2c(C(=O)C(=O)O)nsc2cc1Cl. The highest BCUT2D eigenvalue weighted by molar-refractivity contribution is 7.13. The number of piperazine rings is 1. The lowest BCUT2D eigenvalue weighted by Crippen LogP contribution is -2.57. The summed E-state index contributed by atoms with van der Waals surface area (Å²) in [6.07, 6.45) is 0. The Morgan fingerprint density at radius 2 is 1.84 bits per heavy atom. The van der Waals surface area contributed by atoms with Crippen molar-refractivity contribution in [3.8, 4) is 0 Å². The molecule has 1 aromatic heterocycles. The number of benzene rings is 2. The van der Waals surface area contributed by atoms with E-state index in [-0.39, 0.29) is 34.3 Å². The maximum Gasteiger partial charge on any atom is 0.378 e. The molecule has 0 spiro atoms. The Kier molecular flexibility index (Phi) is 6.28. The molecule has 1 aliphatic rings. The average Bonchev–Trinajstić information content (AvgIpc) is 3.17. The largest absolute Gasteiger partial charge is 0.475 e. The number of carbonyl (C=O) groups excluding carboxylic acids is 2. The fourth-order valence-corrected chi connectivity index (χ4v) is 5.17. The lowest BCUT2D eigenvalue weighted by Gasteiger charge is -2.44. The van der Waals surface area contributed by atoms with E-state index in [9.17, 15) is 14.4 Å². The Bertz CT molecular complexity index is 1200. The van der Waals surface area contributed by atoms with E-state index in [2.05, 4.69) is 28.3 Å². The molecule has 4 rings (SSSR count). The first-order chi connectivity index (χ1) is 15.3. The maximum absolute atomic E-state index is 13.4. The van der Waals surface area contributed by atoms with E-state index in [0.717, 1.165) is 18.1 Å². The number of carbonyl (C=O) groups is 3. The van der Waals surface area contributed by atoms with Crippen molar-refractivity contribution < 1.29 is 19.5 Å². The van der Waals surface area contributed by atoms with E-state index in [4.69, 9.17) is 16.7 Å². The summed E-state index contributed by atoms with van der Waals surface area (Å²) in [5.41, 5.74) is 1.30. The van der Waals surface area contributed by atoms with E-state index in [1.54, 1.807) is 11.0 Å². The minimum absolute atomic E-state index is 0.0464. The zero-order valence-electron chi connectivity index (χ0n) is 17.6. The van der Waals surface area contributed by atoms with Gasteiger partial charge in [-0.25, -0.2) is 4.79 Å². The minimum atomic E-state index is -1.59. The summed E-state index contributed by atoms with van der Waals surface area (Å²) in [5.74, 6) is -2.93. The lowest BCUT2D eigenvalue weighted by molar-refractivity contribution is -0.131. The molecule has 2 aromatic carbocycles. The molecule has 32 heavy (non-hydrogen) atoms. The average molecular weight is 472 g/mol. The summed E-state index contributed by atoms with van der Waals surface area (Å²) in [6.45, 7) is 6.14. The summed E-state index contributed by atoms with van der Waals surface area (Å²) < 4.78 is 4.53. The molecule has 0 saturated carbocycles.